The lowest BCUT2D eigenvalue weighted by molar-refractivity contribution is -0.140. The monoisotopic (exact) mass is 719 g/mol. The van der Waals surface area contributed by atoms with Crippen LogP contribution in [-0.2, 0) is 32.6 Å². The summed E-state index contributed by atoms with van der Waals surface area (Å²) in [4.78, 5) is 29.7. The maximum absolute atomic E-state index is 14.5. The number of hydrogen-bond donors (Lipinski definition) is 1. The van der Waals surface area contributed by atoms with E-state index in [1.54, 1.807) is 36.4 Å². The summed E-state index contributed by atoms with van der Waals surface area (Å²) in [7, 11) is -4.27. The number of hydrogen-bond acceptors (Lipinski definition) is 4. The van der Waals surface area contributed by atoms with Gasteiger partial charge in [-0.05, 0) is 60.0 Å². The summed E-state index contributed by atoms with van der Waals surface area (Å²) in [5, 5.41) is 3.91. The summed E-state index contributed by atoms with van der Waals surface area (Å²) in [6.07, 6.45) is 1.81. The minimum absolute atomic E-state index is 0.0250. The van der Waals surface area contributed by atoms with Crippen LogP contribution in [0.3, 0.4) is 0 Å². The molecule has 46 heavy (non-hydrogen) atoms. The van der Waals surface area contributed by atoms with Gasteiger partial charge in [-0.15, -0.1) is 0 Å². The van der Waals surface area contributed by atoms with E-state index in [9.17, 15) is 18.0 Å². The zero-order valence-electron chi connectivity index (χ0n) is 25.0. The third kappa shape index (κ3) is 9.17. The Kier molecular flexibility index (Phi) is 12.8. The SMILES string of the molecule is CCCCNC(=O)[C@H](Cc1ccccc1)N(Cc1ccc(Cl)c(Cl)c1)C(=O)CN(c1ccc(Cl)c(Cl)c1)S(=O)(=O)c1ccccc1. The molecule has 0 saturated carbocycles. The largest absolute Gasteiger partial charge is 0.354 e. The lowest BCUT2D eigenvalue weighted by Crippen LogP contribution is -2.53. The highest BCUT2D eigenvalue weighted by Crippen LogP contribution is 2.31. The van der Waals surface area contributed by atoms with Crippen molar-refractivity contribution in [2.75, 3.05) is 17.4 Å². The molecule has 1 atom stereocenters. The lowest BCUT2D eigenvalue weighted by atomic mass is 10.0. The van der Waals surface area contributed by atoms with Crippen LogP contribution in [0.2, 0.25) is 20.1 Å². The maximum atomic E-state index is 14.5. The number of amides is 2. The Hall–Kier alpha value is -3.27. The first-order valence-electron chi connectivity index (χ1n) is 14.6. The van der Waals surface area contributed by atoms with E-state index in [0.29, 0.717) is 17.1 Å². The molecule has 0 aliphatic heterocycles. The molecule has 0 heterocycles. The van der Waals surface area contributed by atoms with E-state index >= 15 is 0 Å². The molecule has 12 heteroatoms. The van der Waals surface area contributed by atoms with E-state index in [0.717, 1.165) is 22.7 Å². The molecule has 1 N–H and O–H groups in total. The smallest absolute Gasteiger partial charge is 0.264 e. The van der Waals surface area contributed by atoms with E-state index in [1.165, 1.54) is 35.2 Å². The lowest BCUT2D eigenvalue weighted by Gasteiger charge is -2.34. The Bertz CT molecular complexity index is 1760. The molecule has 4 aromatic rings. The molecule has 4 aromatic carbocycles. The fraction of sp³-hybridized carbons (Fsp3) is 0.235. The second-order valence-electron chi connectivity index (χ2n) is 10.5. The Balaban J connectivity index is 1.81. The highest BCUT2D eigenvalue weighted by molar-refractivity contribution is 7.92. The summed E-state index contributed by atoms with van der Waals surface area (Å²) in [5.41, 5.74) is 1.56. The zero-order chi connectivity index (χ0) is 33.3. The summed E-state index contributed by atoms with van der Waals surface area (Å²) in [6, 6.07) is 25.3. The normalized spacial score (nSPS) is 11.9. The van der Waals surface area contributed by atoms with E-state index in [2.05, 4.69) is 5.32 Å². The number of sulfonamides is 1. The van der Waals surface area contributed by atoms with Crippen LogP contribution in [0.1, 0.15) is 30.9 Å². The van der Waals surface area contributed by atoms with Gasteiger partial charge < -0.3 is 10.2 Å². The van der Waals surface area contributed by atoms with Crippen molar-refractivity contribution in [1.82, 2.24) is 10.2 Å². The maximum Gasteiger partial charge on any atom is 0.264 e. The third-order valence-corrected chi connectivity index (χ3v) is 10.5. The fourth-order valence-corrected chi connectivity index (χ4v) is 6.82. The van der Waals surface area contributed by atoms with Gasteiger partial charge in [-0.25, -0.2) is 8.42 Å². The molecule has 4 rings (SSSR count). The van der Waals surface area contributed by atoms with Gasteiger partial charge in [0.1, 0.15) is 12.6 Å². The van der Waals surface area contributed by atoms with Crippen molar-refractivity contribution in [3.63, 3.8) is 0 Å². The van der Waals surface area contributed by atoms with Crippen molar-refractivity contribution in [3.05, 3.63) is 128 Å². The number of nitrogens with zero attached hydrogens (tertiary/aromatic N) is 2. The van der Waals surface area contributed by atoms with Crippen LogP contribution in [0.25, 0.3) is 0 Å². The highest BCUT2D eigenvalue weighted by Gasteiger charge is 2.34. The molecule has 0 bridgehead atoms. The Morgan fingerprint density at radius 1 is 0.761 bits per heavy atom. The van der Waals surface area contributed by atoms with Crippen LogP contribution in [0, 0.1) is 0 Å². The van der Waals surface area contributed by atoms with Gasteiger partial charge >= 0.3 is 0 Å². The average molecular weight is 722 g/mol. The molecule has 0 saturated heterocycles. The van der Waals surface area contributed by atoms with E-state index in [4.69, 9.17) is 46.4 Å². The van der Waals surface area contributed by atoms with Crippen molar-refractivity contribution in [1.29, 1.82) is 0 Å². The van der Waals surface area contributed by atoms with Crippen molar-refractivity contribution < 1.29 is 18.0 Å². The number of halogens is 4. The van der Waals surface area contributed by atoms with Gasteiger partial charge in [0.05, 0.1) is 30.7 Å². The standard InChI is InChI=1S/C34H33Cl4N3O4S/c1-2-3-18-39-34(43)32(20-24-10-6-4-7-11-24)40(22-25-14-16-28(35)30(37)19-25)33(42)23-41(26-15-17-29(36)31(38)21-26)46(44,45)27-12-8-5-9-13-27/h4-17,19,21,32H,2-3,18,20,22-23H2,1H3,(H,39,43)/t32-/m0/s1. The van der Waals surface area contributed by atoms with Crippen LogP contribution in [0.5, 0.6) is 0 Å². The Labute approximate surface area is 290 Å². The predicted octanol–water partition coefficient (Wildman–Crippen LogP) is 8.05. The van der Waals surface area contributed by atoms with Crippen molar-refractivity contribution in [2.45, 2.75) is 43.7 Å². The van der Waals surface area contributed by atoms with Crippen molar-refractivity contribution >= 4 is 73.9 Å². The first kappa shape index (κ1) is 35.6. The van der Waals surface area contributed by atoms with Gasteiger partial charge in [-0.3, -0.25) is 13.9 Å². The molecule has 0 unspecified atom stereocenters. The Morgan fingerprint density at radius 2 is 1.37 bits per heavy atom. The molecular formula is C34H33Cl4N3O4S. The van der Waals surface area contributed by atoms with Gasteiger partial charge in [0.15, 0.2) is 0 Å². The predicted molar refractivity (Wildman–Crippen MR) is 186 cm³/mol. The molecule has 0 aliphatic carbocycles. The number of anilines is 1. The topological polar surface area (TPSA) is 86.8 Å². The quantitative estimate of drug-likeness (QED) is 0.134. The molecular weight excluding hydrogens is 688 g/mol. The number of nitrogens with one attached hydrogen (secondary N) is 1. The molecule has 2 amide bonds. The molecule has 0 radical (unpaired) electrons. The summed E-state index contributed by atoms with van der Waals surface area (Å²) < 4.78 is 29.1. The number of benzene rings is 4. The number of carbonyl (C=O) groups is 2. The second-order valence-corrected chi connectivity index (χ2v) is 14.0. The van der Waals surface area contributed by atoms with E-state index in [1.807, 2.05) is 37.3 Å². The summed E-state index contributed by atoms with van der Waals surface area (Å²) in [5.74, 6) is -0.985. The average Bonchev–Trinajstić information content (AvgIpc) is 3.05. The van der Waals surface area contributed by atoms with Crippen LogP contribution < -0.4 is 9.62 Å². The highest BCUT2D eigenvalue weighted by atomic mass is 35.5. The van der Waals surface area contributed by atoms with Crippen LogP contribution >= 0.6 is 46.4 Å². The fourth-order valence-electron chi connectivity index (χ4n) is 4.78. The summed E-state index contributed by atoms with van der Waals surface area (Å²) in [6.45, 7) is 1.75. The van der Waals surface area contributed by atoms with Gasteiger partial charge in [-0.2, -0.15) is 0 Å². The number of rotatable bonds is 14. The number of unbranched alkanes of at least 4 members (excludes halogenated alkanes) is 1. The van der Waals surface area contributed by atoms with E-state index < -0.39 is 28.5 Å². The Morgan fingerprint density at radius 3 is 1.98 bits per heavy atom. The minimum atomic E-state index is -4.27. The third-order valence-electron chi connectivity index (χ3n) is 7.24. The van der Waals surface area contributed by atoms with Gasteiger partial charge in [0, 0.05) is 19.5 Å². The van der Waals surface area contributed by atoms with Crippen molar-refractivity contribution in [2.24, 2.45) is 0 Å². The molecule has 242 valence electrons. The minimum Gasteiger partial charge on any atom is -0.354 e. The first-order chi connectivity index (χ1) is 22.0. The van der Waals surface area contributed by atoms with Crippen LogP contribution in [0.15, 0.2) is 102 Å². The van der Waals surface area contributed by atoms with Gasteiger partial charge in [-0.1, -0.05) is 114 Å². The zero-order valence-corrected chi connectivity index (χ0v) is 28.8. The van der Waals surface area contributed by atoms with E-state index in [-0.39, 0.29) is 44.5 Å². The molecule has 0 aromatic heterocycles. The molecule has 0 spiro atoms. The number of carbonyl (C=O) groups excluding carboxylic acids is 2. The van der Waals surface area contributed by atoms with Crippen LogP contribution in [0.4, 0.5) is 5.69 Å². The second kappa shape index (κ2) is 16.5. The summed E-state index contributed by atoms with van der Waals surface area (Å²) >= 11 is 25.0. The van der Waals surface area contributed by atoms with Crippen molar-refractivity contribution in [3.8, 4) is 0 Å². The van der Waals surface area contributed by atoms with Crippen LogP contribution in [-0.4, -0.2) is 44.3 Å². The molecule has 0 fully saturated rings. The molecule has 0 aliphatic rings. The first-order valence-corrected chi connectivity index (χ1v) is 17.5. The van der Waals surface area contributed by atoms with Gasteiger partial charge in [0.25, 0.3) is 10.0 Å². The van der Waals surface area contributed by atoms with Gasteiger partial charge in [0.2, 0.25) is 11.8 Å². The molecule has 7 nitrogen and oxygen atoms in total.